The third-order valence-corrected chi connectivity index (χ3v) is 4.92. The fourth-order valence-electron chi connectivity index (χ4n) is 2.79. The van der Waals surface area contributed by atoms with Crippen LogP contribution in [0.3, 0.4) is 0 Å². The first-order chi connectivity index (χ1) is 11.3. The molecule has 0 spiro atoms. The van der Waals surface area contributed by atoms with Crippen molar-refractivity contribution in [2.45, 2.75) is 13.5 Å². The fourth-order valence-corrected chi connectivity index (χ4v) is 3.58. The number of guanidine groups is 1. The van der Waals surface area contributed by atoms with Crippen LogP contribution in [0.4, 0.5) is 5.00 Å². The highest BCUT2D eigenvalue weighted by Gasteiger charge is 2.20. The Hall–Kier alpha value is -1.29. The van der Waals surface area contributed by atoms with E-state index in [9.17, 15) is 0 Å². The van der Waals surface area contributed by atoms with Crippen molar-refractivity contribution < 1.29 is 0 Å². The Kier molecular flexibility index (Phi) is 7.35. The van der Waals surface area contributed by atoms with Crippen molar-refractivity contribution in [2.75, 3.05) is 44.7 Å². The molecule has 3 heterocycles. The lowest BCUT2D eigenvalue weighted by atomic mass is 10.3. The van der Waals surface area contributed by atoms with E-state index in [1.54, 1.807) is 0 Å². The van der Waals surface area contributed by atoms with E-state index in [1.165, 1.54) is 10.6 Å². The summed E-state index contributed by atoms with van der Waals surface area (Å²) < 4.78 is 1.96. The van der Waals surface area contributed by atoms with E-state index in [2.05, 4.69) is 55.8 Å². The Balaban J connectivity index is 0.00000208. The van der Waals surface area contributed by atoms with Crippen molar-refractivity contribution in [2.24, 2.45) is 4.99 Å². The average molecular weight is 460 g/mol. The third-order valence-electron chi connectivity index (χ3n) is 4.00. The van der Waals surface area contributed by atoms with Gasteiger partial charge in [-0.05, 0) is 30.0 Å². The summed E-state index contributed by atoms with van der Waals surface area (Å²) in [6.45, 7) is 7.82. The van der Waals surface area contributed by atoms with Crippen LogP contribution in [0.5, 0.6) is 0 Å². The molecule has 1 aliphatic heterocycles. The monoisotopic (exact) mass is 460 g/mol. The Labute approximate surface area is 164 Å². The number of halogens is 1. The molecule has 2 aromatic heterocycles. The molecule has 0 unspecified atom stereocenters. The molecule has 3 rings (SSSR count). The van der Waals surface area contributed by atoms with E-state index in [0.717, 1.165) is 45.2 Å². The number of hydrogen-bond acceptors (Lipinski definition) is 4. The molecule has 1 fully saturated rings. The molecule has 2 aromatic rings. The van der Waals surface area contributed by atoms with Gasteiger partial charge in [0.15, 0.2) is 5.96 Å². The van der Waals surface area contributed by atoms with Gasteiger partial charge in [-0.1, -0.05) is 0 Å². The van der Waals surface area contributed by atoms with Crippen LogP contribution in [0.1, 0.15) is 5.56 Å². The molecular formula is C16H25IN6S. The van der Waals surface area contributed by atoms with Gasteiger partial charge in [0.25, 0.3) is 0 Å². The first-order valence-corrected chi connectivity index (χ1v) is 8.87. The number of anilines is 1. The molecule has 24 heavy (non-hydrogen) atoms. The normalized spacial score (nSPS) is 15.3. The van der Waals surface area contributed by atoms with Crippen LogP contribution in [0.2, 0.25) is 0 Å². The minimum Gasteiger partial charge on any atom is -0.360 e. The molecule has 1 saturated heterocycles. The van der Waals surface area contributed by atoms with E-state index in [4.69, 9.17) is 0 Å². The SMILES string of the molecule is CN=C(NCCn1cc(C)cn1)N1CCN(c2cccs2)CC1.I. The Morgan fingerprint density at radius 1 is 1.33 bits per heavy atom. The van der Waals surface area contributed by atoms with E-state index < -0.39 is 0 Å². The molecule has 0 bridgehead atoms. The Bertz CT molecular complexity index is 631. The van der Waals surface area contributed by atoms with Gasteiger partial charge in [-0.25, -0.2) is 0 Å². The highest BCUT2D eigenvalue weighted by Crippen LogP contribution is 2.22. The van der Waals surface area contributed by atoms with Gasteiger partial charge in [0.2, 0.25) is 0 Å². The van der Waals surface area contributed by atoms with Crippen LogP contribution in [-0.2, 0) is 6.54 Å². The summed E-state index contributed by atoms with van der Waals surface area (Å²) in [6, 6.07) is 4.31. The molecule has 0 amide bonds. The van der Waals surface area contributed by atoms with Crippen molar-refractivity contribution in [1.29, 1.82) is 0 Å². The number of thiophene rings is 1. The Morgan fingerprint density at radius 2 is 2.12 bits per heavy atom. The van der Waals surface area contributed by atoms with Crippen LogP contribution in [0.15, 0.2) is 34.9 Å². The van der Waals surface area contributed by atoms with Crippen LogP contribution < -0.4 is 10.2 Å². The van der Waals surface area contributed by atoms with Crippen molar-refractivity contribution >= 4 is 46.3 Å². The van der Waals surface area contributed by atoms with Gasteiger partial charge in [0.1, 0.15) is 0 Å². The molecule has 132 valence electrons. The number of nitrogens with zero attached hydrogens (tertiary/aromatic N) is 5. The van der Waals surface area contributed by atoms with Gasteiger partial charge >= 0.3 is 0 Å². The van der Waals surface area contributed by atoms with Gasteiger partial charge in [0, 0.05) is 46.0 Å². The number of aromatic nitrogens is 2. The predicted octanol–water partition coefficient (Wildman–Crippen LogP) is 2.27. The summed E-state index contributed by atoms with van der Waals surface area (Å²) in [7, 11) is 1.85. The van der Waals surface area contributed by atoms with Gasteiger partial charge < -0.3 is 15.1 Å². The van der Waals surface area contributed by atoms with E-state index >= 15 is 0 Å². The van der Waals surface area contributed by atoms with Gasteiger partial charge in [0.05, 0.1) is 17.7 Å². The summed E-state index contributed by atoms with van der Waals surface area (Å²) in [5.41, 5.74) is 1.19. The lowest BCUT2D eigenvalue weighted by molar-refractivity contribution is 0.372. The largest absolute Gasteiger partial charge is 0.360 e. The number of nitrogens with one attached hydrogen (secondary N) is 1. The number of hydrogen-bond donors (Lipinski definition) is 1. The summed E-state index contributed by atoms with van der Waals surface area (Å²) in [6.07, 6.45) is 3.95. The molecule has 0 aromatic carbocycles. The number of aliphatic imine (C=N–C) groups is 1. The summed E-state index contributed by atoms with van der Waals surface area (Å²) in [5, 5.41) is 11.3. The molecule has 0 saturated carbocycles. The highest BCUT2D eigenvalue weighted by atomic mass is 127. The molecule has 0 aliphatic carbocycles. The number of piperazine rings is 1. The summed E-state index contributed by atoms with van der Waals surface area (Å²) >= 11 is 1.81. The third kappa shape index (κ3) is 4.85. The second-order valence-electron chi connectivity index (χ2n) is 5.68. The second kappa shape index (κ2) is 9.26. The zero-order valence-corrected chi connectivity index (χ0v) is 17.3. The first-order valence-electron chi connectivity index (χ1n) is 7.99. The zero-order chi connectivity index (χ0) is 16.1. The van der Waals surface area contributed by atoms with E-state index in [-0.39, 0.29) is 24.0 Å². The van der Waals surface area contributed by atoms with Gasteiger partial charge in [-0.2, -0.15) is 5.10 Å². The maximum atomic E-state index is 4.42. The minimum absolute atomic E-state index is 0. The average Bonchev–Trinajstić information content (AvgIpc) is 3.24. The number of rotatable bonds is 4. The van der Waals surface area contributed by atoms with Crippen molar-refractivity contribution in [3.63, 3.8) is 0 Å². The fraction of sp³-hybridized carbons (Fsp3) is 0.500. The minimum atomic E-state index is 0. The van der Waals surface area contributed by atoms with Gasteiger partial charge in [-0.3, -0.25) is 9.67 Å². The molecular weight excluding hydrogens is 435 g/mol. The quantitative estimate of drug-likeness (QED) is 0.432. The van der Waals surface area contributed by atoms with Crippen LogP contribution >= 0.6 is 35.3 Å². The molecule has 0 radical (unpaired) electrons. The van der Waals surface area contributed by atoms with Crippen LogP contribution in [-0.4, -0.2) is 60.4 Å². The maximum Gasteiger partial charge on any atom is 0.193 e. The van der Waals surface area contributed by atoms with E-state index in [0.29, 0.717) is 0 Å². The molecule has 0 atom stereocenters. The smallest absolute Gasteiger partial charge is 0.193 e. The lowest BCUT2D eigenvalue weighted by Crippen LogP contribution is -2.52. The van der Waals surface area contributed by atoms with Crippen molar-refractivity contribution in [3.8, 4) is 0 Å². The van der Waals surface area contributed by atoms with Crippen molar-refractivity contribution in [1.82, 2.24) is 20.0 Å². The standard InChI is InChI=1S/C16H24N6S.HI/c1-14-12-19-22(13-14)6-5-18-16(17-2)21-9-7-20(8-10-21)15-4-3-11-23-15;/h3-4,11-13H,5-10H2,1-2H3,(H,17,18);1H. The predicted molar refractivity (Wildman–Crippen MR) is 112 cm³/mol. The topological polar surface area (TPSA) is 48.7 Å². The van der Waals surface area contributed by atoms with Crippen molar-refractivity contribution in [3.05, 3.63) is 35.5 Å². The molecule has 1 N–H and O–H groups in total. The molecule has 1 aliphatic rings. The molecule has 8 heteroatoms. The molecule has 6 nitrogen and oxygen atoms in total. The number of aryl methyl sites for hydroxylation is 1. The van der Waals surface area contributed by atoms with E-state index in [1.807, 2.05) is 29.3 Å². The Morgan fingerprint density at radius 3 is 2.71 bits per heavy atom. The first kappa shape index (κ1) is 19.0. The second-order valence-corrected chi connectivity index (χ2v) is 6.61. The highest BCUT2D eigenvalue weighted by molar-refractivity contribution is 14.0. The summed E-state index contributed by atoms with van der Waals surface area (Å²) in [5.74, 6) is 0.986. The lowest BCUT2D eigenvalue weighted by Gasteiger charge is -2.37. The summed E-state index contributed by atoms with van der Waals surface area (Å²) in [4.78, 5) is 9.20. The van der Waals surface area contributed by atoms with Gasteiger partial charge in [-0.15, -0.1) is 35.3 Å². The zero-order valence-electron chi connectivity index (χ0n) is 14.2. The maximum absolute atomic E-state index is 4.42. The van der Waals surface area contributed by atoms with Crippen LogP contribution in [0.25, 0.3) is 0 Å². The van der Waals surface area contributed by atoms with Crippen LogP contribution in [0, 0.1) is 6.92 Å².